The number of hydrogen-bond acceptors (Lipinski definition) is 4. The molecule has 0 saturated carbocycles. The fraction of sp³-hybridized carbons (Fsp3) is 0.308. The molecule has 17 heavy (non-hydrogen) atoms. The van der Waals surface area contributed by atoms with E-state index in [1.165, 1.54) is 0 Å². The normalized spacial score (nSPS) is 10.5. The molecule has 0 spiro atoms. The molecule has 0 saturated heterocycles. The highest BCUT2D eigenvalue weighted by Gasteiger charge is 2.14. The van der Waals surface area contributed by atoms with Crippen LogP contribution in [0, 0.1) is 6.92 Å². The molecule has 0 bridgehead atoms. The molecule has 1 aromatic carbocycles. The lowest BCUT2D eigenvalue weighted by Crippen LogP contribution is -2.00. The number of aromatic nitrogens is 1. The van der Waals surface area contributed by atoms with Gasteiger partial charge >= 0.3 is 0 Å². The number of methoxy groups -OCH3 is 1. The van der Waals surface area contributed by atoms with Crippen molar-refractivity contribution < 1.29 is 9.84 Å². The highest BCUT2D eigenvalue weighted by atomic mass is 16.5. The number of ether oxygens (including phenoxy) is 1. The summed E-state index contributed by atoms with van der Waals surface area (Å²) in [5.74, 6) is 0.610. The first-order chi connectivity index (χ1) is 8.19. The summed E-state index contributed by atoms with van der Waals surface area (Å²) in [7, 11) is 1.54. The number of nitrogens with one attached hydrogen (secondary N) is 1. The molecule has 2 N–H and O–H groups in total. The second-order valence-electron chi connectivity index (χ2n) is 3.86. The Morgan fingerprint density at radius 2 is 2.24 bits per heavy atom. The number of rotatable bonds is 3. The van der Waals surface area contributed by atoms with Crippen molar-refractivity contribution in [1.29, 1.82) is 0 Å². The quantitative estimate of drug-likeness (QED) is 0.799. The average Bonchev–Trinajstić information content (AvgIpc) is 2.33. The van der Waals surface area contributed by atoms with Crippen LogP contribution in [0.3, 0.4) is 0 Å². The molecule has 0 radical (unpaired) electrons. The lowest BCUT2D eigenvalue weighted by molar-refractivity contribution is 0.376. The third-order valence-corrected chi connectivity index (χ3v) is 2.75. The van der Waals surface area contributed by atoms with E-state index < -0.39 is 0 Å². The van der Waals surface area contributed by atoms with Crippen LogP contribution in [0.2, 0.25) is 0 Å². The van der Waals surface area contributed by atoms with E-state index in [9.17, 15) is 5.11 Å². The first-order valence-electron chi connectivity index (χ1n) is 5.58. The first kappa shape index (κ1) is 11.5. The lowest BCUT2D eigenvalue weighted by Gasteiger charge is -2.13. The minimum absolute atomic E-state index is 0.148. The summed E-state index contributed by atoms with van der Waals surface area (Å²) in [6.45, 7) is 4.75. The van der Waals surface area contributed by atoms with Gasteiger partial charge in [0.15, 0.2) is 11.5 Å². The zero-order valence-electron chi connectivity index (χ0n) is 10.2. The van der Waals surface area contributed by atoms with Gasteiger partial charge in [-0.3, -0.25) is 4.98 Å². The predicted octanol–water partition coefficient (Wildman–Crippen LogP) is 2.69. The number of nitrogens with zero attached hydrogens (tertiary/aromatic N) is 1. The van der Waals surface area contributed by atoms with Crippen molar-refractivity contribution in [2.45, 2.75) is 13.8 Å². The SMILES string of the molecule is CCNc1cc(OC)c(O)c2c(C)ccnc12. The zero-order chi connectivity index (χ0) is 12.4. The van der Waals surface area contributed by atoms with Crippen LogP contribution in [0.4, 0.5) is 5.69 Å². The molecule has 1 aromatic heterocycles. The van der Waals surface area contributed by atoms with Gasteiger partial charge in [-0.25, -0.2) is 0 Å². The van der Waals surface area contributed by atoms with Gasteiger partial charge in [0.2, 0.25) is 0 Å². The molecule has 90 valence electrons. The summed E-state index contributed by atoms with van der Waals surface area (Å²) in [5, 5.41) is 14.1. The Kier molecular flexibility index (Phi) is 3.04. The van der Waals surface area contributed by atoms with Crippen LogP contribution >= 0.6 is 0 Å². The van der Waals surface area contributed by atoms with E-state index in [-0.39, 0.29) is 5.75 Å². The van der Waals surface area contributed by atoms with Crippen LogP contribution in [0.1, 0.15) is 12.5 Å². The van der Waals surface area contributed by atoms with Crippen LogP contribution in [0.25, 0.3) is 10.9 Å². The van der Waals surface area contributed by atoms with E-state index >= 15 is 0 Å². The number of aromatic hydroxyl groups is 1. The monoisotopic (exact) mass is 232 g/mol. The number of fused-ring (bicyclic) bond motifs is 1. The minimum Gasteiger partial charge on any atom is -0.504 e. The van der Waals surface area contributed by atoms with E-state index in [2.05, 4.69) is 10.3 Å². The number of pyridine rings is 1. The Morgan fingerprint density at radius 1 is 1.47 bits per heavy atom. The smallest absolute Gasteiger partial charge is 0.167 e. The van der Waals surface area contributed by atoms with Crippen LogP contribution < -0.4 is 10.1 Å². The molecule has 0 aliphatic carbocycles. The van der Waals surface area contributed by atoms with Crippen LogP contribution in [0.15, 0.2) is 18.3 Å². The third kappa shape index (κ3) is 1.86. The molecule has 0 aliphatic heterocycles. The van der Waals surface area contributed by atoms with Crippen LogP contribution in [0.5, 0.6) is 11.5 Å². The van der Waals surface area contributed by atoms with E-state index in [1.54, 1.807) is 19.4 Å². The van der Waals surface area contributed by atoms with Gasteiger partial charge in [0, 0.05) is 18.8 Å². The van der Waals surface area contributed by atoms with Crippen molar-refractivity contribution in [3.63, 3.8) is 0 Å². The van der Waals surface area contributed by atoms with Gasteiger partial charge in [-0.05, 0) is 25.5 Å². The van der Waals surface area contributed by atoms with Gasteiger partial charge in [0.1, 0.15) is 0 Å². The Hall–Kier alpha value is -1.97. The van der Waals surface area contributed by atoms with Gasteiger partial charge in [-0.15, -0.1) is 0 Å². The molecule has 0 amide bonds. The summed E-state index contributed by atoms with van der Waals surface area (Å²) >= 11 is 0. The molecule has 0 fully saturated rings. The summed E-state index contributed by atoms with van der Waals surface area (Å²) in [5.41, 5.74) is 2.62. The topological polar surface area (TPSA) is 54.4 Å². The number of phenolic OH excluding ortho intramolecular Hbond substituents is 1. The Bertz CT molecular complexity index is 553. The number of phenols is 1. The fourth-order valence-electron chi connectivity index (χ4n) is 1.93. The van der Waals surface area contributed by atoms with Gasteiger partial charge in [-0.2, -0.15) is 0 Å². The maximum atomic E-state index is 10.1. The second-order valence-corrected chi connectivity index (χ2v) is 3.86. The second kappa shape index (κ2) is 4.49. The van der Waals surface area contributed by atoms with Crippen molar-refractivity contribution in [2.75, 3.05) is 19.0 Å². The van der Waals surface area contributed by atoms with Crippen molar-refractivity contribution in [3.8, 4) is 11.5 Å². The molecule has 2 rings (SSSR count). The minimum atomic E-state index is 0.148. The number of anilines is 1. The largest absolute Gasteiger partial charge is 0.504 e. The first-order valence-corrected chi connectivity index (χ1v) is 5.58. The summed E-state index contributed by atoms with van der Waals surface area (Å²) in [6, 6.07) is 3.64. The zero-order valence-corrected chi connectivity index (χ0v) is 10.2. The molecule has 4 nitrogen and oxygen atoms in total. The van der Waals surface area contributed by atoms with Crippen molar-refractivity contribution in [2.24, 2.45) is 0 Å². The predicted molar refractivity (Wildman–Crippen MR) is 68.9 cm³/mol. The highest BCUT2D eigenvalue weighted by molar-refractivity contribution is 5.98. The number of benzene rings is 1. The fourth-order valence-corrected chi connectivity index (χ4v) is 1.93. The van der Waals surface area contributed by atoms with Gasteiger partial charge in [-0.1, -0.05) is 0 Å². The molecular formula is C13H16N2O2. The summed E-state index contributed by atoms with van der Waals surface area (Å²) in [4.78, 5) is 4.32. The highest BCUT2D eigenvalue weighted by Crippen LogP contribution is 2.39. The Morgan fingerprint density at radius 3 is 2.88 bits per heavy atom. The van der Waals surface area contributed by atoms with Gasteiger partial charge in [0.05, 0.1) is 23.7 Å². The van der Waals surface area contributed by atoms with Crippen molar-refractivity contribution in [1.82, 2.24) is 4.98 Å². The maximum absolute atomic E-state index is 10.1. The van der Waals surface area contributed by atoms with Gasteiger partial charge < -0.3 is 15.2 Å². The standard InChI is InChI=1S/C13H16N2O2/c1-4-14-9-7-10(17-3)13(16)11-8(2)5-6-15-12(9)11/h5-7,14,16H,4H2,1-3H3. The Labute approximate surface area is 100 Å². The van der Waals surface area contributed by atoms with E-state index in [4.69, 9.17) is 4.74 Å². The summed E-state index contributed by atoms with van der Waals surface area (Å²) < 4.78 is 5.18. The van der Waals surface area contributed by atoms with Gasteiger partial charge in [0.25, 0.3) is 0 Å². The Balaban J connectivity index is 2.82. The molecular weight excluding hydrogens is 216 g/mol. The molecule has 0 aliphatic rings. The van der Waals surface area contributed by atoms with E-state index in [1.807, 2.05) is 19.9 Å². The molecule has 1 heterocycles. The van der Waals surface area contributed by atoms with Crippen LogP contribution in [-0.2, 0) is 0 Å². The molecule has 2 aromatic rings. The number of hydrogen-bond donors (Lipinski definition) is 2. The van der Waals surface area contributed by atoms with E-state index in [0.29, 0.717) is 5.75 Å². The maximum Gasteiger partial charge on any atom is 0.167 e. The third-order valence-electron chi connectivity index (χ3n) is 2.75. The molecule has 4 heteroatoms. The number of aryl methyl sites for hydroxylation is 1. The summed E-state index contributed by atoms with van der Waals surface area (Å²) in [6.07, 6.45) is 1.74. The van der Waals surface area contributed by atoms with Crippen molar-refractivity contribution in [3.05, 3.63) is 23.9 Å². The van der Waals surface area contributed by atoms with E-state index in [0.717, 1.165) is 28.7 Å². The average molecular weight is 232 g/mol. The molecule has 0 unspecified atom stereocenters. The molecule has 0 atom stereocenters. The van der Waals surface area contributed by atoms with Crippen LogP contribution in [-0.4, -0.2) is 23.7 Å². The lowest BCUT2D eigenvalue weighted by atomic mass is 10.1. The van der Waals surface area contributed by atoms with Crippen molar-refractivity contribution >= 4 is 16.6 Å².